The first-order valence-corrected chi connectivity index (χ1v) is 8.21. The smallest absolute Gasteiger partial charge is 0.113 e. The minimum atomic E-state index is -0.137. The number of rotatable bonds is 4. The van der Waals surface area contributed by atoms with Gasteiger partial charge in [-0.15, -0.1) is 11.3 Å². The van der Waals surface area contributed by atoms with Crippen LogP contribution in [0.2, 0.25) is 0 Å². The molecule has 1 saturated carbocycles. The zero-order valence-corrected chi connectivity index (χ0v) is 12.7. The number of aromatic nitrogens is 1. The Hall–Kier alpha value is -0.410. The van der Waals surface area contributed by atoms with E-state index in [2.05, 4.69) is 26.2 Å². The lowest BCUT2D eigenvalue weighted by Crippen LogP contribution is -2.40. The Morgan fingerprint density at radius 1 is 1.44 bits per heavy atom. The predicted octanol–water partition coefficient (Wildman–Crippen LogP) is 4.41. The molecule has 1 aromatic rings. The standard InChI is InChI=1S/C15H26N2S/c1-4-11(3)13-10-18-14(17-13)15(16)8-6-12(5-2)7-9-15/h10-12H,4-9,16H2,1-3H3. The fourth-order valence-electron chi connectivity index (χ4n) is 2.77. The zero-order chi connectivity index (χ0) is 13.2. The summed E-state index contributed by atoms with van der Waals surface area (Å²) in [6, 6.07) is 0. The monoisotopic (exact) mass is 266 g/mol. The van der Waals surface area contributed by atoms with E-state index in [9.17, 15) is 0 Å². The SMILES string of the molecule is CCC1CCC(N)(c2nc(C(C)CC)cs2)CC1. The van der Waals surface area contributed by atoms with Crippen molar-refractivity contribution < 1.29 is 0 Å². The Kier molecular flexibility index (Phi) is 4.44. The Morgan fingerprint density at radius 2 is 2.11 bits per heavy atom. The fraction of sp³-hybridized carbons (Fsp3) is 0.800. The Balaban J connectivity index is 2.09. The molecule has 18 heavy (non-hydrogen) atoms. The maximum absolute atomic E-state index is 6.60. The van der Waals surface area contributed by atoms with Crippen LogP contribution < -0.4 is 5.73 Å². The highest BCUT2D eigenvalue weighted by molar-refractivity contribution is 7.09. The number of hydrogen-bond donors (Lipinski definition) is 1. The second-order valence-electron chi connectivity index (χ2n) is 5.89. The van der Waals surface area contributed by atoms with E-state index in [0.29, 0.717) is 5.92 Å². The highest BCUT2D eigenvalue weighted by Gasteiger charge is 2.35. The van der Waals surface area contributed by atoms with Gasteiger partial charge >= 0.3 is 0 Å². The molecule has 0 saturated heterocycles. The molecule has 0 aliphatic heterocycles. The van der Waals surface area contributed by atoms with Crippen molar-refractivity contribution in [1.29, 1.82) is 0 Å². The normalized spacial score (nSPS) is 30.3. The molecular weight excluding hydrogens is 240 g/mol. The van der Waals surface area contributed by atoms with E-state index in [1.165, 1.54) is 30.0 Å². The molecule has 2 nitrogen and oxygen atoms in total. The summed E-state index contributed by atoms with van der Waals surface area (Å²) < 4.78 is 0. The van der Waals surface area contributed by atoms with Crippen LogP contribution >= 0.6 is 11.3 Å². The maximum atomic E-state index is 6.60. The molecule has 1 aliphatic rings. The fourth-order valence-corrected chi connectivity index (χ4v) is 3.88. The lowest BCUT2D eigenvalue weighted by Gasteiger charge is -2.35. The average Bonchev–Trinajstić information content (AvgIpc) is 2.89. The first-order valence-electron chi connectivity index (χ1n) is 7.33. The van der Waals surface area contributed by atoms with Crippen molar-refractivity contribution >= 4 is 11.3 Å². The van der Waals surface area contributed by atoms with Gasteiger partial charge in [-0.25, -0.2) is 4.98 Å². The molecule has 102 valence electrons. The van der Waals surface area contributed by atoms with Crippen LogP contribution in [0.4, 0.5) is 0 Å². The molecule has 1 atom stereocenters. The minimum Gasteiger partial charge on any atom is -0.319 e. The van der Waals surface area contributed by atoms with Crippen LogP contribution in [0.3, 0.4) is 0 Å². The molecule has 0 aromatic carbocycles. The van der Waals surface area contributed by atoms with Crippen LogP contribution in [0.15, 0.2) is 5.38 Å². The van der Waals surface area contributed by atoms with E-state index in [0.717, 1.165) is 25.2 Å². The molecule has 0 spiro atoms. The summed E-state index contributed by atoms with van der Waals surface area (Å²) in [5.74, 6) is 1.45. The van der Waals surface area contributed by atoms with Gasteiger partial charge in [-0.1, -0.05) is 27.2 Å². The van der Waals surface area contributed by atoms with Crippen LogP contribution in [0, 0.1) is 5.92 Å². The third-order valence-electron chi connectivity index (χ3n) is 4.64. The highest BCUT2D eigenvalue weighted by atomic mass is 32.1. The van der Waals surface area contributed by atoms with Crippen LogP contribution in [0.5, 0.6) is 0 Å². The molecule has 1 aliphatic carbocycles. The van der Waals surface area contributed by atoms with Gasteiger partial charge in [0.05, 0.1) is 11.2 Å². The van der Waals surface area contributed by atoms with Crippen molar-refractivity contribution in [2.75, 3.05) is 0 Å². The van der Waals surface area contributed by atoms with Crippen LogP contribution in [-0.4, -0.2) is 4.98 Å². The first-order chi connectivity index (χ1) is 8.59. The van der Waals surface area contributed by atoms with Crippen LogP contribution in [-0.2, 0) is 5.54 Å². The predicted molar refractivity (Wildman–Crippen MR) is 78.9 cm³/mol. The molecule has 2 N–H and O–H groups in total. The minimum absolute atomic E-state index is 0.137. The van der Waals surface area contributed by atoms with Crippen LogP contribution in [0.25, 0.3) is 0 Å². The topological polar surface area (TPSA) is 38.9 Å². The summed E-state index contributed by atoms with van der Waals surface area (Å²) in [7, 11) is 0. The van der Waals surface area contributed by atoms with Gasteiger partial charge in [-0.2, -0.15) is 0 Å². The van der Waals surface area contributed by atoms with Gasteiger partial charge in [0.25, 0.3) is 0 Å². The van der Waals surface area contributed by atoms with Crippen molar-refractivity contribution in [3.8, 4) is 0 Å². The second kappa shape index (κ2) is 5.70. The second-order valence-corrected chi connectivity index (χ2v) is 6.75. The third-order valence-corrected chi connectivity index (χ3v) is 5.72. The van der Waals surface area contributed by atoms with Gasteiger partial charge in [-0.3, -0.25) is 0 Å². The number of hydrogen-bond acceptors (Lipinski definition) is 3. The van der Waals surface area contributed by atoms with E-state index in [1.807, 2.05) is 0 Å². The lowest BCUT2D eigenvalue weighted by atomic mass is 9.76. The Labute approximate surface area is 115 Å². The van der Waals surface area contributed by atoms with E-state index in [-0.39, 0.29) is 5.54 Å². The molecule has 3 heteroatoms. The van der Waals surface area contributed by atoms with Crippen molar-refractivity contribution in [2.24, 2.45) is 11.7 Å². The van der Waals surface area contributed by atoms with Crippen molar-refractivity contribution in [3.63, 3.8) is 0 Å². The summed E-state index contributed by atoms with van der Waals surface area (Å²) in [6.45, 7) is 6.75. The van der Waals surface area contributed by atoms with E-state index in [4.69, 9.17) is 10.7 Å². The summed E-state index contributed by atoms with van der Waals surface area (Å²) in [5, 5.41) is 3.39. The van der Waals surface area contributed by atoms with Gasteiger partial charge in [0.2, 0.25) is 0 Å². The molecular formula is C15H26N2S. The molecule has 1 heterocycles. The third kappa shape index (κ3) is 2.77. The Bertz CT molecular complexity index is 378. The van der Waals surface area contributed by atoms with Crippen molar-refractivity contribution in [1.82, 2.24) is 4.98 Å². The first kappa shape index (κ1) is 14.0. The quantitative estimate of drug-likeness (QED) is 0.876. The van der Waals surface area contributed by atoms with E-state index >= 15 is 0 Å². The summed E-state index contributed by atoms with van der Waals surface area (Å²) in [5.41, 5.74) is 7.70. The molecule has 2 rings (SSSR count). The van der Waals surface area contributed by atoms with Gasteiger partial charge in [-0.05, 0) is 43.9 Å². The van der Waals surface area contributed by atoms with Gasteiger partial charge < -0.3 is 5.73 Å². The molecule has 1 aromatic heterocycles. The molecule has 1 unspecified atom stereocenters. The molecule has 0 bridgehead atoms. The Morgan fingerprint density at radius 3 is 2.67 bits per heavy atom. The van der Waals surface area contributed by atoms with Crippen molar-refractivity contribution in [3.05, 3.63) is 16.1 Å². The molecule has 0 amide bonds. The largest absolute Gasteiger partial charge is 0.319 e. The average molecular weight is 266 g/mol. The van der Waals surface area contributed by atoms with Crippen molar-refractivity contribution in [2.45, 2.75) is 70.8 Å². The maximum Gasteiger partial charge on any atom is 0.113 e. The van der Waals surface area contributed by atoms with E-state index in [1.54, 1.807) is 11.3 Å². The van der Waals surface area contributed by atoms with Crippen LogP contribution in [0.1, 0.15) is 75.9 Å². The number of thiazole rings is 1. The molecule has 0 radical (unpaired) electrons. The number of nitrogens with zero attached hydrogens (tertiary/aromatic N) is 1. The lowest BCUT2D eigenvalue weighted by molar-refractivity contribution is 0.231. The summed E-state index contributed by atoms with van der Waals surface area (Å²) in [6.07, 6.45) is 7.21. The van der Waals surface area contributed by atoms with Gasteiger partial charge in [0.15, 0.2) is 0 Å². The van der Waals surface area contributed by atoms with E-state index < -0.39 is 0 Å². The number of nitrogens with two attached hydrogens (primary N) is 1. The van der Waals surface area contributed by atoms with Gasteiger partial charge in [0, 0.05) is 5.38 Å². The molecule has 1 fully saturated rings. The summed E-state index contributed by atoms with van der Waals surface area (Å²) in [4.78, 5) is 4.82. The van der Waals surface area contributed by atoms with Gasteiger partial charge in [0.1, 0.15) is 5.01 Å². The zero-order valence-electron chi connectivity index (χ0n) is 11.9. The highest BCUT2D eigenvalue weighted by Crippen LogP contribution is 2.40. The summed E-state index contributed by atoms with van der Waals surface area (Å²) >= 11 is 1.77.